The molecule has 0 bridgehead atoms. The third-order valence-electron chi connectivity index (χ3n) is 2.58. The molecule has 1 aromatic carbocycles. The summed E-state index contributed by atoms with van der Waals surface area (Å²) in [6, 6.07) is 5.64. The van der Waals surface area contributed by atoms with Crippen molar-refractivity contribution in [2.24, 2.45) is 5.84 Å². The number of rotatable bonds is 4. The first kappa shape index (κ1) is 11.5. The van der Waals surface area contributed by atoms with Crippen LogP contribution in [0.3, 0.4) is 0 Å². The molecule has 0 atom stereocenters. The van der Waals surface area contributed by atoms with Gasteiger partial charge in [-0.15, -0.1) is 0 Å². The molecular formula is C12H12N4O3. The van der Waals surface area contributed by atoms with Gasteiger partial charge in [-0.25, -0.2) is 5.84 Å². The van der Waals surface area contributed by atoms with Crippen LogP contribution < -0.4 is 25.5 Å². The molecule has 2 aromatic rings. The lowest BCUT2D eigenvalue weighted by Crippen LogP contribution is -2.09. The summed E-state index contributed by atoms with van der Waals surface area (Å²) in [4.78, 5) is 8.05. The number of hydrogen-bond acceptors (Lipinski definition) is 7. The molecule has 1 aliphatic rings. The first-order valence-corrected chi connectivity index (χ1v) is 5.65. The fraction of sp³-hybridized carbons (Fsp3) is 0.167. The molecule has 0 fully saturated rings. The number of aromatic nitrogens is 2. The van der Waals surface area contributed by atoms with Crippen molar-refractivity contribution in [1.29, 1.82) is 0 Å². The molecule has 0 spiro atoms. The Kier molecular flexibility index (Phi) is 3.03. The van der Waals surface area contributed by atoms with Crippen molar-refractivity contribution in [2.45, 2.75) is 6.61 Å². The van der Waals surface area contributed by atoms with Gasteiger partial charge in [0.15, 0.2) is 17.3 Å². The molecule has 7 heteroatoms. The van der Waals surface area contributed by atoms with Gasteiger partial charge in [0.25, 0.3) is 0 Å². The van der Waals surface area contributed by atoms with Crippen LogP contribution in [0.4, 0.5) is 5.82 Å². The summed E-state index contributed by atoms with van der Waals surface area (Å²) >= 11 is 0. The van der Waals surface area contributed by atoms with Crippen molar-refractivity contribution in [3.63, 3.8) is 0 Å². The van der Waals surface area contributed by atoms with Crippen LogP contribution in [0, 0.1) is 0 Å². The minimum Gasteiger partial charge on any atom is -0.472 e. The van der Waals surface area contributed by atoms with E-state index in [0.29, 0.717) is 18.3 Å². The fourth-order valence-electron chi connectivity index (χ4n) is 1.68. The standard InChI is InChI=1S/C12H12N4O3/c13-16-11-4-14-5-12(15-11)17-6-8-1-2-9-10(3-8)19-7-18-9/h1-5H,6-7,13H2,(H,15,16). The van der Waals surface area contributed by atoms with Gasteiger partial charge in [0.1, 0.15) is 6.61 Å². The van der Waals surface area contributed by atoms with Gasteiger partial charge in [-0.2, -0.15) is 4.98 Å². The summed E-state index contributed by atoms with van der Waals surface area (Å²) in [7, 11) is 0. The maximum atomic E-state index is 5.53. The Bertz CT molecular complexity index is 591. The predicted octanol–water partition coefficient (Wildman–Crippen LogP) is 1.07. The smallest absolute Gasteiger partial charge is 0.234 e. The Morgan fingerprint density at radius 2 is 2.16 bits per heavy atom. The summed E-state index contributed by atoms with van der Waals surface area (Å²) in [5.74, 6) is 7.57. The molecule has 1 aromatic heterocycles. The SMILES string of the molecule is NNc1cncc(OCc2ccc3c(c2)OCO3)n1. The van der Waals surface area contributed by atoms with Gasteiger partial charge in [0.2, 0.25) is 12.7 Å². The largest absolute Gasteiger partial charge is 0.472 e. The number of hydrazine groups is 1. The van der Waals surface area contributed by atoms with Crippen molar-refractivity contribution < 1.29 is 14.2 Å². The summed E-state index contributed by atoms with van der Waals surface area (Å²) < 4.78 is 16.1. The zero-order valence-electron chi connectivity index (χ0n) is 10.00. The number of nitrogens with one attached hydrogen (secondary N) is 1. The zero-order valence-corrected chi connectivity index (χ0v) is 10.00. The van der Waals surface area contributed by atoms with E-state index in [-0.39, 0.29) is 6.79 Å². The number of ether oxygens (including phenoxy) is 3. The van der Waals surface area contributed by atoms with E-state index in [9.17, 15) is 0 Å². The molecule has 0 radical (unpaired) electrons. The summed E-state index contributed by atoms with van der Waals surface area (Å²) in [5, 5.41) is 0. The van der Waals surface area contributed by atoms with E-state index in [4.69, 9.17) is 20.1 Å². The second kappa shape index (κ2) is 4.99. The van der Waals surface area contributed by atoms with E-state index in [0.717, 1.165) is 17.1 Å². The molecule has 19 heavy (non-hydrogen) atoms. The second-order valence-corrected chi connectivity index (χ2v) is 3.86. The van der Waals surface area contributed by atoms with Crippen LogP contribution in [0.15, 0.2) is 30.6 Å². The number of hydrogen-bond donors (Lipinski definition) is 2. The number of fused-ring (bicyclic) bond motifs is 1. The summed E-state index contributed by atoms with van der Waals surface area (Å²) in [6.45, 7) is 0.620. The molecule has 2 heterocycles. The molecule has 98 valence electrons. The van der Waals surface area contributed by atoms with E-state index in [2.05, 4.69) is 15.4 Å². The Morgan fingerprint density at radius 3 is 3.05 bits per heavy atom. The van der Waals surface area contributed by atoms with Gasteiger partial charge in [0.05, 0.1) is 12.4 Å². The van der Waals surface area contributed by atoms with Crippen molar-refractivity contribution in [3.8, 4) is 17.4 Å². The minimum atomic E-state index is 0.259. The maximum absolute atomic E-state index is 5.53. The number of nitrogens with zero attached hydrogens (tertiary/aromatic N) is 2. The van der Waals surface area contributed by atoms with Crippen molar-refractivity contribution >= 4 is 5.82 Å². The molecule has 0 amide bonds. The summed E-state index contributed by atoms with van der Waals surface area (Å²) in [5.41, 5.74) is 3.37. The summed E-state index contributed by atoms with van der Waals surface area (Å²) in [6.07, 6.45) is 3.03. The van der Waals surface area contributed by atoms with Crippen molar-refractivity contribution in [1.82, 2.24) is 9.97 Å². The molecule has 0 aliphatic carbocycles. The third kappa shape index (κ3) is 2.50. The van der Waals surface area contributed by atoms with Gasteiger partial charge in [0, 0.05) is 0 Å². The molecule has 3 N–H and O–H groups in total. The minimum absolute atomic E-state index is 0.259. The molecule has 0 saturated carbocycles. The van der Waals surface area contributed by atoms with Crippen LogP contribution in [0.5, 0.6) is 17.4 Å². The van der Waals surface area contributed by atoms with E-state index in [1.807, 2.05) is 18.2 Å². The van der Waals surface area contributed by atoms with Gasteiger partial charge >= 0.3 is 0 Å². The van der Waals surface area contributed by atoms with E-state index >= 15 is 0 Å². The normalized spacial score (nSPS) is 12.3. The Balaban J connectivity index is 1.68. The maximum Gasteiger partial charge on any atom is 0.234 e. The van der Waals surface area contributed by atoms with Crippen LogP contribution in [0.1, 0.15) is 5.56 Å². The highest BCUT2D eigenvalue weighted by Crippen LogP contribution is 2.32. The Labute approximate surface area is 109 Å². The van der Waals surface area contributed by atoms with Gasteiger partial charge < -0.3 is 19.6 Å². The lowest BCUT2D eigenvalue weighted by atomic mass is 10.2. The molecule has 1 aliphatic heterocycles. The highest BCUT2D eigenvalue weighted by atomic mass is 16.7. The van der Waals surface area contributed by atoms with E-state index in [1.54, 1.807) is 0 Å². The third-order valence-corrected chi connectivity index (χ3v) is 2.58. The van der Waals surface area contributed by atoms with E-state index in [1.165, 1.54) is 12.4 Å². The molecular weight excluding hydrogens is 248 g/mol. The number of benzene rings is 1. The molecule has 0 unspecified atom stereocenters. The van der Waals surface area contributed by atoms with Crippen LogP contribution in [-0.2, 0) is 6.61 Å². The average Bonchev–Trinajstić information content (AvgIpc) is 2.93. The van der Waals surface area contributed by atoms with Crippen molar-refractivity contribution in [3.05, 3.63) is 36.2 Å². The van der Waals surface area contributed by atoms with Gasteiger partial charge in [-0.3, -0.25) is 4.98 Å². The molecule has 7 nitrogen and oxygen atoms in total. The number of nitrogens with two attached hydrogens (primary N) is 1. The number of nitrogen functional groups attached to an aromatic ring is 1. The zero-order chi connectivity index (χ0) is 13.1. The van der Waals surface area contributed by atoms with Gasteiger partial charge in [-0.1, -0.05) is 6.07 Å². The highest BCUT2D eigenvalue weighted by molar-refractivity contribution is 5.44. The predicted molar refractivity (Wildman–Crippen MR) is 66.7 cm³/mol. The van der Waals surface area contributed by atoms with Crippen LogP contribution >= 0.6 is 0 Å². The molecule has 0 saturated heterocycles. The van der Waals surface area contributed by atoms with Crippen molar-refractivity contribution in [2.75, 3.05) is 12.2 Å². The molecule has 3 rings (SSSR count). The topological polar surface area (TPSA) is 91.5 Å². The first-order chi connectivity index (χ1) is 9.35. The van der Waals surface area contributed by atoms with Gasteiger partial charge in [-0.05, 0) is 17.7 Å². The lowest BCUT2D eigenvalue weighted by Gasteiger charge is -2.06. The van der Waals surface area contributed by atoms with Crippen LogP contribution in [0.25, 0.3) is 0 Å². The van der Waals surface area contributed by atoms with Crippen LogP contribution in [-0.4, -0.2) is 16.8 Å². The fourth-order valence-corrected chi connectivity index (χ4v) is 1.68. The quantitative estimate of drug-likeness (QED) is 0.627. The Morgan fingerprint density at radius 1 is 1.26 bits per heavy atom. The second-order valence-electron chi connectivity index (χ2n) is 3.86. The van der Waals surface area contributed by atoms with E-state index < -0.39 is 0 Å². The monoisotopic (exact) mass is 260 g/mol. The highest BCUT2D eigenvalue weighted by Gasteiger charge is 2.13. The lowest BCUT2D eigenvalue weighted by molar-refractivity contribution is 0.174. The average molecular weight is 260 g/mol. The number of anilines is 1. The van der Waals surface area contributed by atoms with Crippen LogP contribution in [0.2, 0.25) is 0 Å². The Hall–Kier alpha value is -2.54. The first-order valence-electron chi connectivity index (χ1n) is 5.65.